The number of aromatic amines is 1. The van der Waals surface area contributed by atoms with Gasteiger partial charge in [-0.15, -0.1) is 11.3 Å². The van der Waals surface area contributed by atoms with Gasteiger partial charge in [0.25, 0.3) is 5.56 Å². The summed E-state index contributed by atoms with van der Waals surface area (Å²) in [7, 11) is 0. The molecule has 0 radical (unpaired) electrons. The van der Waals surface area contributed by atoms with Gasteiger partial charge in [0.1, 0.15) is 4.83 Å². The number of fused-ring (bicyclic) bond motifs is 3. The van der Waals surface area contributed by atoms with E-state index in [0.717, 1.165) is 47.0 Å². The molecule has 0 saturated carbocycles. The van der Waals surface area contributed by atoms with Crippen molar-refractivity contribution in [3.8, 4) is 11.5 Å². The molecule has 1 aliphatic carbocycles. The Morgan fingerprint density at radius 1 is 1.28 bits per heavy atom. The van der Waals surface area contributed by atoms with E-state index >= 15 is 0 Å². The van der Waals surface area contributed by atoms with E-state index in [9.17, 15) is 4.79 Å². The molecule has 1 N–H and O–H groups in total. The predicted molar refractivity (Wildman–Crippen MR) is 119 cm³/mol. The third-order valence-electron chi connectivity index (χ3n) is 4.82. The van der Waals surface area contributed by atoms with Crippen LogP contribution in [0.2, 0.25) is 0 Å². The molecule has 0 aliphatic heterocycles. The van der Waals surface area contributed by atoms with Crippen LogP contribution in [0, 0.1) is 0 Å². The maximum Gasteiger partial charge on any atom is 0.260 e. The third kappa shape index (κ3) is 4.05. The smallest absolute Gasteiger partial charge is 0.260 e. The van der Waals surface area contributed by atoms with Crippen LogP contribution >= 0.6 is 22.9 Å². The molecule has 1 aliphatic rings. The first-order valence-corrected chi connectivity index (χ1v) is 11.1. The summed E-state index contributed by atoms with van der Waals surface area (Å²) in [5.41, 5.74) is 1.89. The number of nitrogens with one attached hydrogen (secondary N) is 1. The van der Waals surface area contributed by atoms with E-state index in [1.807, 2.05) is 25.1 Å². The van der Waals surface area contributed by atoms with Gasteiger partial charge in [0.15, 0.2) is 17.3 Å². The SMILES string of the molecule is CCCOc1ccc(/C=C(\Cl)c2nc3sc4c(c3c(=O)[nH]2)CCC4)cc1OCC. The highest BCUT2D eigenvalue weighted by atomic mass is 35.5. The Kier molecular flexibility index (Phi) is 5.92. The molecule has 0 amide bonds. The number of ether oxygens (including phenoxy) is 2. The Labute approximate surface area is 178 Å². The number of halogens is 1. The first-order valence-electron chi connectivity index (χ1n) is 9.92. The van der Waals surface area contributed by atoms with E-state index in [1.54, 1.807) is 17.4 Å². The number of hydrogen-bond donors (Lipinski definition) is 1. The first kappa shape index (κ1) is 20.0. The molecule has 3 aromatic rings. The number of aryl methyl sites for hydroxylation is 2. The van der Waals surface area contributed by atoms with Crippen molar-refractivity contribution in [3.63, 3.8) is 0 Å². The van der Waals surface area contributed by atoms with Gasteiger partial charge in [-0.1, -0.05) is 24.6 Å². The van der Waals surface area contributed by atoms with E-state index in [-0.39, 0.29) is 5.56 Å². The van der Waals surface area contributed by atoms with Crippen LogP contribution in [0.25, 0.3) is 21.3 Å². The molecule has 2 heterocycles. The summed E-state index contributed by atoms with van der Waals surface area (Å²) in [5.74, 6) is 1.77. The standard InChI is InChI=1S/C22H23ClN2O3S/c1-3-10-28-16-9-8-13(12-17(16)27-4-2)11-15(23)20-24-21(26)19-14-6-5-7-18(14)29-22(19)25-20/h8-9,11-12H,3-7,10H2,1-2H3,(H,24,25,26)/b15-11-. The molecular weight excluding hydrogens is 408 g/mol. The second-order valence-corrected chi connectivity index (χ2v) is 8.42. The number of aromatic nitrogens is 2. The molecule has 0 fully saturated rings. The van der Waals surface area contributed by atoms with Crippen molar-refractivity contribution >= 4 is 44.3 Å². The Balaban J connectivity index is 1.68. The number of rotatable bonds is 7. The minimum Gasteiger partial charge on any atom is -0.490 e. The number of nitrogens with zero attached hydrogens (tertiary/aromatic N) is 1. The minimum atomic E-state index is -0.116. The lowest BCUT2D eigenvalue weighted by molar-refractivity contribution is 0.277. The highest BCUT2D eigenvalue weighted by Crippen LogP contribution is 2.35. The van der Waals surface area contributed by atoms with E-state index in [0.29, 0.717) is 35.6 Å². The van der Waals surface area contributed by atoms with Gasteiger partial charge in [0.05, 0.1) is 23.6 Å². The normalized spacial score (nSPS) is 13.7. The summed E-state index contributed by atoms with van der Waals surface area (Å²) in [4.78, 5) is 22.2. The topological polar surface area (TPSA) is 64.2 Å². The van der Waals surface area contributed by atoms with Crippen LogP contribution in [-0.2, 0) is 12.8 Å². The summed E-state index contributed by atoms with van der Waals surface area (Å²) >= 11 is 8.12. The van der Waals surface area contributed by atoms with E-state index in [4.69, 9.17) is 21.1 Å². The largest absolute Gasteiger partial charge is 0.490 e. The number of benzene rings is 1. The zero-order valence-corrected chi connectivity index (χ0v) is 18.1. The van der Waals surface area contributed by atoms with Gasteiger partial charge in [-0.05, 0) is 61.9 Å². The Bertz CT molecular complexity index is 1130. The van der Waals surface area contributed by atoms with Crippen LogP contribution in [-0.4, -0.2) is 23.2 Å². The molecule has 4 rings (SSSR count). The maximum atomic E-state index is 12.7. The molecule has 0 spiro atoms. The van der Waals surface area contributed by atoms with Gasteiger partial charge in [0, 0.05) is 4.88 Å². The lowest BCUT2D eigenvalue weighted by Gasteiger charge is -2.12. The van der Waals surface area contributed by atoms with E-state index in [2.05, 4.69) is 16.9 Å². The van der Waals surface area contributed by atoms with Gasteiger partial charge < -0.3 is 14.5 Å². The molecule has 0 saturated heterocycles. The molecule has 5 nitrogen and oxygen atoms in total. The van der Waals surface area contributed by atoms with E-state index < -0.39 is 0 Å². The summed E-state index contributed by atoms with van der Waals surface area (Å²) in [6.45, 7) is 5.16. The number of hydrogen-bond acceptors (Lipinski definition) is 5. The van der Waals surface area contributed by atoms with Crippen molar-refractivity contribution in [1.82, 2.24) is 9.97 Å². The maximum absolute atomic E-state index is 12.7. The van der Waals surface area contributed by atoms with E-state index in [1.165, 1.54) is 4.88 Å². The van der Waals surface area contributed by atoms with Crippen molar-refractivity contribution in [1.29, 1.82) is 0 Å². The fourth-order valence-corrected chi connectivity index (χ4v) is 5.02. The van der Waals surface area contributed by atoms with Crippen LogP contribution in [0.3, 0.4) is 0 Å². The van der Waals surface area contributed by atoms with Gasteiger partial charge in [-0.3, -0.25) is 4.79 Å². The zero-order valence-electron chi connectivity index (χ0n) is 16.5. The van der Waals surface area contributed by atoms with Crippen LogP contribution in [0.5, 0.6) is 11.5 Å². The molecule has 2 aromatic heterocycles. The number of H-pyrrole nitrogens is 1. The third-order valence-corrected chi connectivity index (χ3v) is 6.30. The monoisotopic (exact) mass is 430 g/mol. The average Bonchev–Trinajstić information content (AvgIpc) is 3.28. The Hall–Kier alpha value is -2.31. The lowest BCUT2D eigenvalue weighted by Crippen LogP contribution is -2.10. The minimum absolute atomic E-state index is 0.116. The van der Waals surface area contributed by atoms with Gasteiger partial charge in [-0.25, -0.2) is 4.98 Å². The second-order valence-electron chi connectivity index (χ2n) is 6.93. The Morgan fingerprint density at radius 2 is 2.14 bits per heavy atom. The highest BCUT2D eigenvalue weighted by Gasteiger charge is 2.21. The molecule has 29 heavy (non-hydrogen) atoms. The van der Waals surface area contributed by atoms with Crippen molar-refractivity contribution < 1.29 is 9.47 Å². The molecule has 0 bridgehead atoms. The summed E-state index contributed by atoms with van der Waals surface area (Å²) in [6.07, 6.45) is 5.79. The zero-order chi connectivity index (χ0) is 20.4. The van der Waals surface area contributed by atoms with Crippen LogP contribution < -0.4 is 15.0 Å². The molecule has 0 unspecified atom stereocenters. The van der Waals surface area contributed by atoms with Gasteiger partial charge >= 0.3 is 0 Å². The quantitative estimate of drug-likeness (QED) is 0.545. The highest BCUT2D eigenvalue weighted by molar-refractivity contribution is 7.18. The fraction of sp³-hybridized carbons (Fsp3) is 0.364. The van der Waals surface area contributed by atoms with Crippen molar-refractivity contribution in [2.75, 3.05) is 13.2 Å². The lowest BCUT2D eigenvalue weighted by atomic mass is 10.1. The van der Waals surface area contributed by atoms with Crippen LogP contribution in [0.4, 0.5) is 0 Å². The molecule has 7 heteroatoms. The Morgan fingerprint density at radius 3 is 2.93 bits per heavy atom. The average molecular weight is 431 g/mol. The fourth-order valence-electron chi connectivity index (χ4n) is 3.54. The van der Waals surface area contributed by atoms with Crippen molar-refractivity contribution in [2.24, 2.45) is 0 Å². The van der Waals surface area contributed by atoms with Crippen molar-refractivity contribution in [3.05, 3.63) is 50.4 Å². The first-order chi connectivity index (χ1) is 14.1. The van der Waals surface area contributed by atoms with Crippen LogP contribution in [0.15, 0.2) is 23.0 Å². The summed E-state index contributed by atoms with van der Waals surface area (Å²) < 4.78 is 11.4. The molecule has 1 aromatic carbocycles. The van der Waals surface area contributed by atoms with Gasteiger partial charge in [0.2, 0.25) is 0 Å². The molecule has 152 valence electrons. The summed E-state index contributed by atoms with van der Waals surface area (Å²) in [5, 5.41) is 1.11. The second kappa shape index (κ2) is 8.59. The number of thiophene rings is 1. The predicted octanol–water partition coefficient (Wildman–Crippen LogP) is 5.40. The molecular formula is C22H23ClN2O3S. The summed E-state index contributed by atoms with van der Waals surface area (Å²) in [6, 6.07) is 5.67. The van der Waals surface area contributed by atoms with Crippen molar-refractivity contribution in [2.45, 2.75) is 39.5 Å². The molecule has 0 atom stereocenters. The van der Waals surface area contributed by atoms with Crippen LogP contribution in [0.1, 0.15) is 48.5 Å². The van der Waals surface area contributed by atoms with Gasteiger partial charge in [-0.2, -0.15) is 0 Å².